The van der Waals surface area contributed by atoms with Gasteiger partial charge in [0, 0.05) is 47.6 Å². The predicted molar refractivity (Wildman–Crippen MR) is 196 cm³/mol. The van der Waals surface area contributed by atoms with Gasteiger partial charge in [0.2, 0.25) is 5.91 Å². The van der Waals surface area contributed by atoms with Crippen LogP contribution in [0.4, 0.5) is 9.18 Å². The average molecular weight is 718 g/mol. The number of benzene rings is 2. The van der Waals surface area contributed by atoms with Crippen molar-refractivity contribution < 1.29 is 33.7 Å². The molecule has 4 fully saturated rings. The molecule has 4 aliphatic rings. The highest BCUT2D eigenvalue weighted by molar-refractivity contribution is 5.86. The van der Waals surface area contributed by atoms with Gasteiger partial charge in [-0.05, 0) is 141 Å². The second-order valence-electron chi connectivity index (χ2n) is 17.0. The molecule has 0 radical (unpaired) electrons. The first-order valence-electron chi connectivity index (χ1n) is 18.2. The lowest BCUT2D eigenvalue weighted by atomic mass is 9.63. The summed E-state index contributed by atoms with van der Waals surface area (Å²) in [6.07, 6.45) is 5.77. The van der Waals surface area contributed by atoms with Crippen molar-refractivity contribution in [2.45, 2.75) is 129 Å². The van der Waals surface area contributed by atoms with E-state index < -0.39 is 28.2 Å². The van der Waals surface area contributed by atoms with Gasteiger partial charge in [-0.15, -0.1) is 0 Å². The Labute approximate surface area is 304 Å². The largest absolute Gasteiger partial charge is 0.490 e. The second kappa shape index (κ2) is 13.2. The number of carbonyl (C=O) groups excluding carboxylic acids is 1. The van der Waals surface area contributed by atoms with Crippen LogP contribution in [0, 0.1) is 25.1 Å². The minimum absolute atomic E-state index is 0.0175. The second-order valence-corrected chi connectivity index (χ2v) is 17.0. The van der Waals surface area contributed by atoms with Gasteiger partial charge in [0.1, 0.15) is 23.1 Å². The molecule has 0 unspecified atom stereocenters. The lowest BCUT2D eigenvalue weighted by molar-refractivity contribution is -0.143. The number of aliphatic hydroxyl groups is 1. The van der Waals surface area contributed by atoms with Crippen LogP contribution in [0.2, 0.25) is 0 Å². The van der Waals surface area contributed by atoms with Gasteiger partial charge in [-0.1, -0.05) is 6.07 Å². The Morgan fingerprint density at radius 1 is 0.942 bits per heavy atom. The summed E-state index contributed by atoms with van der Waals surface area (Å²) in [5.74, 6) is 1.03. The van der Waals surface area contributed by atoms with Gasteiger partial charge in [-0.25, -0.2) is 9.18 Å². The lowest BCUT2D eigenvalue weighted by Gasteiger charge is -2.55. The molecule has 1 heterocycles. The van der Waals surface area contributed by atoms with E-state index in [1.807, 2.05) is 26.8 Å². The quantitative estimate of drug-likeness (QED) is 0.207. The fourth-order valence-electron chi connectivity index (χ4n) is 8.91. The number of rotatable bonds is 9. The number of pyridine rings is 1. The van der Waals surface area contributed by atoms with E-state index in [2.05, 4.69) is 5.32 Å². The summed E-state index contributed by atoms with van der Waals surface area (Å²) in [4.78, 5) is 40.4. The maximum Gasteiger partial charge on any atom is 0.408 e. The van der Waals surface area contributed by atoms with Crippen LogP contribution in [0.25, 0.3) is 11.1 Å². The fraction of sp³-hybridized carbons (Fsp3) is 0.537. The zero-order valence-corrected chi connectivity index (χ0v) is 31.6. The third-order valence-corrected chi connectivity index (χ3v) is 11.3. The Hall–Kier alpha value is -4.38. The Morgan fingerprint density at radius 2 is 1.58 bits per heavy atom. The van der Waals surface area contributed by atoms with E-state index in [0.717, 1.165) is 0 Å². The number of ether oxygens (including phenoxy) is 2. The number of amides is 2. The van der Waals surface area contributed by atoms with Crippen LogP contribution in [-0.4, -0.2) is 54.9 Å². The zero-order chi connectivity index (χ0) is 38.0. The molecule has 10 nitrogen and oxygen atoms in total. The Kier molecular flexibility index (Phi) is 9.51. The first kappa shape index (κ1) is 37.4. The zero-order valence-electron chi connectivity index (χ0n) is 31.6. The standard InChI is InChI=1S/C41H52FN3O7/c1-24-17-27(42)18-25(2)35(24)52-32-14-9-26(39(6,7)50)19-30(32)31-21-44(8)34(46)20-33(31)51-29-12-10-28(11-13-29)43-36(47)40-15-16-41(22-40,23-40)45(37(48)49)38(3,4)5/h9,14,17-21,28-29,50H,10-13,15-16,22-23H2,1-8H3,(H,43,47)(H,48,49)/t28-,29-,40?,41?. The number of hydrogen-bond acceptors (Lipinski definition) is 6. The Balaban J connectivity index is 1.19. The number of nitrogens with zero attached hydrogens (tertiary/aromatic N) is 2. The monoisotopic (exact) mass is 717 g/mol. The van der Waals surface area contributed by atoms with Crippen molar-refractivity contribution in [2.24, 2.45) is 12.5 Å². The van der Waals surface area contributed by atoms with Crippen molar-refractivity contribution in [1.29, 1.82) is 0 Å². The highest BCUT2D eigenvalue weighted by atomic mass is 19.1. The molecule has 2 bridgehead atoms. The van der Waals surface area contributed by atoms with E-state index in [1.165, 1.54) is 22.8 Å². The molecular formula is C41H52FN3O7. The molecule has 0 aliphatic heterocycles. The number of aryl methyl sites for hydroxylation is 3. The lowest BCUT2D eigenvalue weighted by Crippen LogP contribution is -2.66. The molecular weight excluding hydrogens is 665 g/mol. The first-order valence-corrected chi connectivity index (χ1v) is 18.2. The Bertz CT molecular complexity index is 1920. The summed E-state index contributed by atoms with van der Waals surface area (Å²) >= 11 is 0. The molecule has 3 N–H and O–H groups in total. The molecule has 280 valence electrons. The van der Waals surface area contributed by atoms with Gasteiger partial charge >= 0.3 is 6.09 Å². The number of nitrogens with one attached hydrogen (secondary N) is 1. The summed E-state index contributed by atoms with van der Waals surface area (Å²) in [5.41, 5.74) is 0.154. The predicted octanol–water partition coefficient (Wildman–Crippen LogP) is 7.73. The number of aromatic nitrogens is 1. The van der Waals surface area contributed by atoms with E-state index in [9.17, 15) is 29.0 Å². The topological polar surface area (TPSA) is 130 Å². The third-order valence-electron chi connectivity index (χ3n) is 11.3. The van der Waals surface area contributed by atoms with Gasteiger partial charge in [-0.2, -0.15) is 0 Å². The van der Waals surface area contributed by atoms with Crippen LogP contribution in [0.3, 0.4) is 0 Å². The molecule has 3 aromatic rings. The molecule has 0 saturated heterocycles. The molecule has 0 spiro atoms. The maximum absolute atomic E-state index is 14.1. The van der Waals surface area contributed by atoms with Crippen molar-refractivity contribution in [3.63, 3.8) is 0 Å². The van der Waals surface area contributed by atoms with Crippen LogP contribution in [0.1, 0.15) is 103 Å². The minimum atomic E-state index is -1.17. The number of carboxylic acid groups (broad SMARTS) is 1. The van der Waals surface area contributed by atoms with Gasteiger partial charge in [-0.3, -0.25) is 14.5 Å². The van der Waals surface area contributed by atoms with Gasteiger partial charge in [0.05, 0.1) is 17.1 Å². The number of halogens is 1. The first-order chi connectivity index (χ1) is 24.2. The molecule has 1 aromatic heterocycles. The third kappa shape index (κ3) is 7.04. The summed E-state index contributed by atoms with van der Waals surface area (Å²) in [6, 6.07) is 9.66. The van der Waals surface area contributed by atoms with Crippen LogP contribution in [0.5, 0.6) is 17.2 Å². The molecule has 52 heavy (non-hydrogen) atoms. The van der Waals surface area contributed by atoms with Crippen molar-refractivity contribution in [2.75, 3.05) is 0 Å². The highest BCUT2D eigenvalue weighted by Crippen LogP contribution is 2.65. The minimum Gasteiger partial charge on any atom is -0.490 e. The van der Waals surface area contributed by atoms with E-state index in [4.69, 9.17) is 9.47 Å². The molecule has 4 saturated carbocycles. The van der Waals surface area contributed by atoms with Gasteiger partial charge in [0.15, 0.2) is 0 Å². The summed E-state index contributed by atoms with van der Waals surface area (Å²) in [6.45, 7) is 12.7. The summed E-state index contributed by atoms with van der Waals surface area (Å²) < 4.78 is 28.6. The molecule has 4 aliphatic carbocycles. The normalized spacial score (nSPS) is 24.2. The molecule has 11 heteroatoms. The van der Waals surface area contributed by atoms with Crippen LogP contribution < -0.4 is 20.3 Å². The molecule has 2 amide bonds. The van der Waals surface area contributed by atoms with E-state index in [1.54, 1.807) is 58.0 Å². The fourth-order valence-corrected chi connectivity index (χ4v) is 8.91. The van der Waals surface area contributed by atoms with E-state index in [-0.39, 0.29) is 29.4 Å². The van der Waals surface area contributed by atoms with Crippen molar-refractivity contribution >= 4 is 12.0 Å². The van der Waals surface area contributed by atoms with Gasteiger partial charge < -0.3 is 29.6 Å². The molecule has 7 rings (SSSR count). The number of carbonyl (C=O) groups is 2. The van der Waals surface area contributed by atoms with Crippen LogP contribution in [-0.2, 0) is 17.4 Å². The maximum atomic E-state index is 14.1. The van der Waals surface area contributed by atoms with Gasteiger partial charge in [0.25, 0.3) is 5.56 Å². The molecule has 0 atom stereocenters. The van der Waals surface area contributed by atoms with Crippen molar-refractivity contribution in [3.05, 3.63) is 75.5 Å². The highest BCUT2D eigenvalue weighted by Gasteiger charge is 2.69. The average Bonchev–Trinajstić information content (AvgIpc) is 3.58. The smallest absolute Gasteiger partial charge is 0.408 e. The number of fused-ring (bicyclic) bond motifs is 1. The summed E-state index contributed by atoms with van der Waals surface area (Å²) in [7, 11) is 1.66. The summed E-state index contributed by atoms with van der Waals surface area (Å²) in [5, 5.41) is 24.2. The Morgan fingerprint density at radius 3 is 2.15 bits per heavy atom. The SMILES string of the molecule is Cc1cc(F)cc(C)c1Oc1ccc(C(C)(C)O)cc1-c1cn(C)c(=O)cc1O[C@H]1CC[C@H](NC(=O)C23CCC(N(C(=O)O)C(C)(C)C)(C2)C3)CC1. The van der Waals surface area contributed by atoms with E-state index >= 15 is 0 Å². The van der Waals surface area contributed by atoms with Crippen molar-refractivity contribution in [3.8, 4) is 28.4 Å². The number of hydrogen-bond donors (Lipinski definition) is 3. The van der Waals surface area contributed by atoms with Crippen LogP contribution in [0.15, 0.2) is 47.4 Å². The van der Waals surface area contributed by atoms with E-state index in [0.29, 0.717) is 96.4 Å². The molecule has 2 aromatic carbocycles. The van der Waals surface area contributed by atoms with Crippen molar-refractivity contribution in [1.82, 2.24) is 14.8 Å². The van der Waals surface area contributed by atoms with Crippen LogP contribution >= 0.6 is 0 Å².